The van der Waals surface area contributed by atoms with Crippen LogP contribution < -0.4 is 5.32 Å². The molecule has 168 valence electrons. The van der Waals surface area contributed by atoms with Gasteiger partial charge in [-0.05, 0) is 42.4 Å². The zero-order valence-corrected chi connectivity index (χ0v) is 18.4. The second-order valence-electron chi connectivity index (χ2n) is 8.30. The first-order valence-electron chi connectivity index (χ1n) is 11.0. The molecule has 32 heavy (non-hydrogen) atoms. The second-order valence-corrected chi connectivity index (χ2v) is 8.30. The number of carbonyl (C=O) groups is 1. The van der Waals surface area contributed by atoms with Crippen molar-refractivity contribution >= 4 is 5.91 Å². The van der Waals surface area contributed by atoms with Crippen molar-refractivity contribution < 1.29 is 13.6 Å². The number of piperazine rings is 1. The Hall–Kier alpha value is -3.03. The molecule has 0 unspecified atom stereocenters. The van der Waals surface area contributed by atoms with E-state index >= 15 is 0 Å². The molecule has 0 bridgehead atoms. The lowest BCUT2D eigenvalue weighted by atomic mass is 10.1. The Morgan fingerprint density at radius 3 is 2.62 bits per heavy atom. The number of likely N-dealkylation sites (N-methyl/N-ethyl adjacent to an activating group) is 1. The maximum atomic E-state index is 13.1. The molecule has 2 aromatic carbocycles. The Morgan fingerprint density at radius 2 is 1.84 bits per heavy atom. The number of nitrogens with zero attached hydrogens (tertiary/aromatic N) is 3. The van der Waals surface area contributed by atoms with Crippen molar-refractivity contribution in [3.05, 3.63) is 77.6 Å². The number of hydrogen-bond acceptors (Lipinski definition) is 5. The summed E-state index contributed by atoms with van der Waals surface area (Å²) in [5.41, 5.74) is 3.13. The number of aromatic nitrogens is 1. The van der Waals surface area contributed by atoms with Crippen LogP contribution in [0.5, 0.6) is 0 Å². The molecule has 4 rings (SSSR count). The van der Waals surface area contributed by atoms with Crippen LogP contribution in [0.15, 0.2) is 59.1 Å². The molecule has 1 aliphatic rings. The van der Waals surface area contributed by atoms with E-state index in [2.05, 4.69) is 45.3 Å². The molecule has 7 heteroatoms. The molecule has 0 radical (unpaired) electrons. The van der Waals surface area contributed by atoms with Crippen molar-refractivity contribution in [2.45, 2.75) is 25.9 Å². The fraction of sp³-hybridized carbons (Fsp3) is 0.360. The standard InChI is InChI=1S/C25H29FN4O2/c1-29-11-13-30(14-12-29)18-20-4-2-3-19(15-20)16-27-24(31)9-10-25-28-17-23(32-25)21-5-7-22(26)8-6-21/h2-8,15,17H,9-14,16,18H2,1H3,(H,27,31). The third-order valence-corrected chi connectivity index (χ3v) is 5.73. The number of rotatable bonds is 8. The summed E-state index contributed by atoms with van der Waals surface area (Å²) in [6.45, 7) is 5.82. The lowest BCUT2D eigenvalue weighted by Gasteiger charge is -2.32. The van der Waals surface area contributed by atoms with Crippen LogP contribution in [-0.4, -0.2) is 53.9 Å². The zero-order chi connectivity index (χ0) is 22.3. The van der Waals surface area contributed by atoms with Gasteiger partial charge in [0.15, 0.2) is 11.7 Å². The van der Waals surface area contributed by atoms with Gasteiger partial charge in [-0.3, -0.25) is 9.69 Å². The van der Waals surface area contributed by atoms with Gasteiger partial charge in [0.2, 0.25) is 5.91 Å². The number of benzene rings is 2. The SMILES string of the molecule is CN1CCN(Cc2cccc(CNC(=O)CCc3ncc(-c4ccc(F)cc4)o3)c2)CC1. The first-order chi connectivity index (χ1) is 15.5. The summed E-state index contributed by atoms with van der Waals surface area (Å²) in [5, 5.41) is 2.98. The van der Waals surface area contributed by atoms with Crippen molar-refractivity contribution in [2.75, 3.05) is 33.2 Å². The van der Waals surface area contributed by atoms with Crippen LogP contribution in [0.4, 0.5) is 4.39 Å². The van der Waals surface area contributed by atoms with Gasteiger partial charge in [0.1, 0.15) is 5.82 Å². The van der Waals surface area contributed by atoms with Crippen LogP contribution >= 0.6 is 0 Å². The van der Waals surface area contributed by atoms with E-state index in [0.717, 1.165) is 43.9 Å². The smallest absolute Gasteiger partial charge is 0.220 e. The molecule has 1 saturated heterocycles. The summed E-state index contributed by atoms with van der Waals surface area (Å²) >= 11 is 0. The molecule has 1 amide bonds. The number of aryl methyl sites for hydroxylation is 1. The fourth-order valence-corrected chi connectivity index (χ4v) is 3.79. The molecule has 1 N–H and O–H groups in total. The maximum absolute atomic E-state index is 13.1. The number of nitrogens with one attached hydrogen (secondary N) is 1. The minimum absolute atomic E-state index is 0.0454. The van der Waals surface area contributed by atoms with Crippen LogP contribution in [-0.2, 0) is 24.3 Å². The molecule has 3 aromatic rings. The lowest BCUT2D eigenvalue weighted by molar-refractivity contribution is -0.121. The number of amides is 1. The predicted molar refractivity (Wildman–Crippen MR) is 121 cm³/mol. The van der Waals surface area contributed by atoms with Crippen LogP contribution in [0, 0.1) is 5.82 Å². The highest BCUT2D eigenvalue weighted by Crippen LogP contribution is 2.21. The molecule has 0 atom stereocenters. The Labute approximate surface area is 188 Å². The van der Waals surface area contributed by atoms with Gasteiger partial charge in [0.25, 0.3) is 0 Å². The molecule has 6 nitrogen and oxygen atoms in total. The molecule has 0 aliphatic carbocycles. The van der Waals surface area contributed by atoms with E-state index in [1.54, 1.807) is 18.3 Å². The highest BCUT2D eigenvalue weighted by molar-refractivity contribution is 5.76. The predicted octanol–water partition coefficient (Wildman–Crippen LogP) is 3.48. The summed E-state index contributed by atoms with van der Waals surface area (Å²) in [6.07, 6.45) is 2.31. The average molecular weight is 437 g/mol. The third-order valence-electron chi connectivity index (χ3n) is 5.73. The fourth-order valence-electron chi connectivity index (χ4n) is 3.79. The molecule has 2 heterocycles. The van der Waals surface area contributed by atoms with Gasteiger partial charge in [-0.15, -0.1) is 0 Å². The normalized spacial score (nSPS) is 15.1. The number of halogens is 1. The van der Waals surface area contributed by atoms with Crippen molar-refractivity contribution in [3.63, 3.8) is 0 Å². The minimum atomic E-state index is -0.296. The Kier molecular flexibility index (Phi) is 7.29. The first kappa shape index (κ1) is 22.2. The molecule has 1 aromatic heterocycles. The van der Waals surface area contributed by atoms with Crippen LogP contribution in [0.1, 0.15) is 23.4 Å². The monoisotopic (exact) mass is 436 g/mol. The first-order valence-corrected chi connectivity index (χ1v) is 11.0. The van der Waals surface area contributed by atoms with Gasteiger partial charge >= 0.3 is 0 Å². The third kappa shape index (κ3) is 6.24. The van der Waals surface area contributed by atoms with E-state index < -0.39 is 0 Å². The van der Waals surface area contributed by atoms with Crippen LogP contribution in [0.25, 0.3) is 11.3 Å². The summed E-state index contributed by atoms with van der Waals surface area (Å²) in [5.74, 6) is 0.720. The maximum Gasteiger partial charge on any atom is 0.220 e. The van der Waals surface area contributed by atoms with Crippen molar-refractivity contribution in [2.24, 2.45) is 0 Å². The molecule has 0 spiro atoms. The van der Waals surface area contributed by atoms with Crippen LogP contribution in [0.2, 0.25) is 0 Å². The molecular weight excluding hydrogens is 407 g/mol. The van der Waals surface area contributed by atoms with E-state index in [4.69, 9.17) is 4.42 Å². The Bertz CT molecular complexity index is 1030. The van der Waals surface area contributed by atoms with Gasteiger partial charge in [0, 0.05) is 57.7 Å². The van der Waals surface area contributed by atoms with Gasteiger partial charge in [0.05, 0.1) is 6.20 Å². The highest BCUT2D eigenvalue weighted by atomic mass is 19.1. The zero-order valence-electron chi connectivity index (χ0n) is 18.4. The van der Waals surface area contributed by atoms with E-state index in [9.17, 15) is 9.18 Å². The lowest BCUT2D eigenvalue weighted by Crippen LogP contribution is -2.43. The summed E-state index contributed by atoms with van der Waals surface area (Å²) in [4.78, 5) is 21.3. The highest BCUT2D eigenvalue weighted by Gasteiger charge is 2.14. The van der Waals surface area contributed by atoms with Gasteiger partial charge in [-0.1, -0.05) is 24.3 Å². The minimum Gasteiger partial charge on any atom is -0.441 e. The number of carbonyl (C=O) groups excluding carboxylic acids is 1. The van der Waals surface area contributed by atoms with E-state index in [0.29, 0.717) is 31.0 Å². The second kappa shape index (κ2) is 10.5. The van der Waals surface area contributed by atoms with Gasteiger partial charge in [-0.25, -0.2) is 9.37 Å². The molecule has 0 saturated carbocycles. The van der Waals surface area contributed by atoms with Crippen molar-refractivity contribution in [1.29, 1.82) is 0 Å². The quantitative estimate of drug-likeness (QED) is 0.586. The Morgan fingerprint density at radius 1 is 1.09 bits per heavy atom. The number of oxazole rings is 1. The largest absolute Gasteiger partial charge is 0.441 e. The number of hydrogen-bond donors (Lipinski definition) is 1. The van der Waals surface area contributed by atoms with Crippen molar-refractivity contribution in [3.8, 4) is 11.3 Å². The molecule has 1 aliphatic heterocycles. The van der Waals surface area contributed by atoms with Crippen molar-refractivity contribution in [1.82, 2.24) is 20.1 Å². The van der Waals surface area contributed by atoms with E-state index in [1.165, 1.54) is 17.7 Å². The van der Waals surface area contributed by atoms with Gasteiger partial charge in [-0.2, -0.15) is 0 Å². The summed E-state index contributed by atoms with van der Waals surface area (Å²) < 4.78 is 18.8. The van der Waals surface area contributed by atoms with E-state index in [-0.39, 0.29) is 11.7 Å². The van der Waals surface area contributed by atoms with E-state index in [1.807, 2.05) is 6.07 Å². The summed E-state index contributed by atoms with van der Waals surface area (Å²) in [6, 6.07) is 14.4. The van der Waals surface area contributed by atoms with Crippen LogP contribution in [0.3, 0.4) is 0 Å². The molecular formula is C25H29FN4O2. The topological polar surface area (TPSA) is 61.6 Å². The summed E-state index contributed by atoms with van der Waals surface area (Å²) in [7, 11) is 2.16. The van der Waals surface area contributed by atoms with Gasteiger partial charge < -0.3 is 14.6 Å². The Balaban J connectivity index is 1.22. The molecule has 1 fully saturated rings. The average Bonchev–Trinajstić information content (AvgIpc) is 3.28.